The van der Waals surface area contributed by atoms with E-state index in [4.69, 9.17) is 4.42 Å². The molecular weight excluding hydrogens is 314 g/mol. The molecular formula is C20H21N3O2. The molecule has 5 heteroatoms. The van der Waals surface area contributed by atoms with Crippen LogP contribution in [0.2, 0.25) is 0 Å². The highest BCUT2D eigenvalue weighted by molar-refractivity contribution is 5.96. The lowest BCUT2D eigenvalue weighted by Gasteiger charge is -2.25. The van der Waals surface area contributed by atoms with Crippen molar-refractivity contribution in [1.82, 2.24) is 15.2 Å². The van der Waals surface area contributed by atoms with Crippen LogP contribution in [0.3, 0.4) is 0 Å². The first-order chi connectivity index (χ1) is 12.2. The lowest BCUT2D eigenvalue weighted by Crippen LogP contribution is -2.32. The van der Waals surface area contributed by atoms with Crippen molar-refractivity contribution in [2.75, 3.05) is 20.1 Å². The molecule has 0 aliphatic carbocycles. The minimum absolute atomic E-state index is 0.157. The third-order valence-corrected chi connectivity index (χ3v) is 4.97. The van der Waals surface area contributed by atoms with Gasteiger partial charge in [-0.25, -0.2) is 0 Å². The van der Waals surface area contributed by atoms with Crippen LogP contribution in [-0.2, 0) is 0 Å². The summed E-state index contributed by atoms with van der Waals surface area (Å²) < 4.78 is 5.65. The van der Waals surface area contributed by atoms with Crippen LogP contribution >= 0.6 is 0 Å². The van der Waals surface area contributed by atoms with Crippen LogP contribution in [0.5, 0.6) is 0 Å². The molecule has 0 unspecified atom stereocenters. The van der Waals surface area contributed by atoms with Crippen LogP contribution in [0.1, 0.15) is 28.6 Å². The van der Waals surface area contributed by atoms with Gasteiger partial charge in [-0.3, -0.25) is 14.7 Å². The Morgan fingerprint density at radius 1 is 1.32 bits per heavy atom. The van der Waals surface area contributed by atoms with Crippen LogP contribution < -0.4 is 5.32 Å². The van der Waals surface area contributed by atoms with Crippen molar-refractivity contribution in [2.24, 2.45) is 5.92 Å². The van der Waals surface area contributed by atoms with Gasteiger partial charge in [-0.15, -0.1) is 0 Å². The molecule has 3 aromatic rings. The Hall–Kier alpha value is -2.66. The number of rotatable bonds is 4. The predicted molar refractivity (Wildman–Crippen MR) is 96.3 cm³/mol. The van der Waals surface area contributed by atoms with Crippen LogP contribution in [0.25, 0.3) is 11.0 Å². The van der Waals surface area contributed by atoms with Crippen molar-refractivity contribution in [3.8, 4) is 0 Å². The van der Waals surface area contributed by atoms with Gasteiger partial charge in [0.25, 0.3) is 5.91 Å². The Balaban J connectivity index is 1.45. The normalized spacial score (nSPS) is 20.8. The first kappa shape index (κ1) is 15.8. The molecule has 0 saturated carbocycles. The maximum Gasteiger partial charge on any atom is 0.287 e. The molecule has 1 N–H and O–H groups in total. The van der Waals surface area contributed by atoms with Crippen LogP contribution in [0, 0.1) is 5.92 Å². The summed E-state index contributed by atoms with van der Waals surface area (Å²) in [6.45, 7) is 1.64. The van der Waals surface area contributed by atoms with E-state index >= 15 is 0 Å². The van der Waals surface area contributed by atoms with E-state index < -0.39 is 0 Å². The van der Waals surface area contributed by atoms with E-state index in [-0.39, 0.29) is 11.9 Å². The number of likely N-dealkylation sites (tertiary alicyclic amines) is 1. The number of furan rings is 1. The number of hydrogen-bond donors (Lipinski definition) is 1. The van der Waals surface area contributed by atoms with Crippen molar-refractivity contribution >= 4 is 16.9 Å². The average Bonchev–Trinajstić information content (AvgIpc) is 3.24. The summed E-state index contributed by atoms with van der Waals surface area (Å²) in [7, 11) is 2.12. The molecule has 1 aromatic carbocycles. The fraction of sp³-hybridized carbons (Fsp3) is 0.300. The van der Waals surface area contributed by atoms with E-state index in [1.165, 1.54) is 5.56 Å². The molecule has 1 fully saturated rings. The molecule has 1 amide bonds. The van der Waals surface area contributed by atoms with Gasteiger partial charge in [0.15, 0.2) is 5.76 Å². The minimum atomic E-state index is -0.157. The van der Waals surface area contributed by atoms with Gasteiger partial charge in [0, 0.05) is 30.4 Å². The Morgan fingerprint density at radius 2 is 2.20 bits per heavy atom. The van der Waals surface area contributed by atoms with Gasteiger partial charge < -0.3 is 9.73 Å². The SMILES string of the molecule is CN1CC[C@@H](CNC(=O)c2cc3ccccc3o2)[C@@H]1c1cccnc1. The quantitative estimate of drug-likeness (QED) is 0.795. The van der Waals surface area contributed by atoms with E-state index in [0.29, 0.717) is 18.2 Å². The molecule has 1 saturated heterocycles. The van der Waals surface area contributed by atoms with Gasteiger partial charge in [0.05, 0.1) is 0 Å². The van der Waals surface area contributed by atoms with E-state index in [1.54, 1.807) is 12.3 Å². The lowest BCUT2D eigenvalue weighted by molar-refractivity contribution is 0.0918. The minimum Gasteiger partial charge on any atom is -0.451 e. The molecule has 0 bridgehead atoms. The fourth-order valence-corrected chi connectivity index (χ4v) is 3.72. The van der Waals surface area contributed by atoms with Gasteiger partial charge >= 0.3 is 0 Å². The number of aromatic nitrogens is 1. The standard InChI is InChI=1S/C20H21N3O2/c1-23-10-8-16(19(23)15-6-4-9-21-12-15)13-22-20(24)18-11-14-5-2-3-7-17(14)25-18/h2-7,9,11-12,16,19H,8,10,13H2,1H3,(H,22,24)/t16-,19-/m0/s1. The van der Waals surface area contributed by atoms with Crippen molar-refractivity contribution < 1.29 is 9.21 Å². The second-order valence-corrected chi connectivity index (χ2v) is 6.62. The molecule has 0 radical (unpaired) electrons. The van der Waals surface area contributed by atoms with Gasteiger partial charge in [0.1, 0.15) is 5.58 Å². The third kappa shape index (κ3) is 3.15. The molecule has 25 heavy (non-hydrogen) atoms. The van der Waals surface area contributed by atoms with Crippen molar-refractivity contribution in [3.63, 3.8) is 0 Å². The highest BCUT2D eigenvalue weighted by atomic mass is 16.3. The highest BCUT2D eigenvalue weighted by Crippen LogP contribution is 2.35. The number of pyridine rings is 1. The lowest BCUT2D eigenvalue weighted by atomic mass is 9.95. The Kier molecular flexibility index (Phi) is 4.24. The number of nitrogens with one attached hydrogen (secondary N) is 1. The predicted octanol–water partition coefficient (Wildman–Crippen LogP) is 3.25. The summed E-state index contributed by atoms with van der Waals surface area (Å²) in [6, 6.07) is 13.8. The van der Waals surface area contributed by atoms with Crippen molar-refractivity contribution in [3.05, 3.63) is 66.2 Å². The van der Waals surface area contributed by atoms with Crippen LogP contribution in [0.15, 0.2) is 59.3 Å². The first-order valence-electron chi connectivity index (χ1n) is 8.59. The number of nitrogens with zero attached hydrogens (tertiary/aromatic N) is 2. The molecule has 1 aliphatic rings. The number of fused-ring (bicyclic) bond motifs is 1. The monoisotopic (exact) mass is 335 g/mol. The summed E-state index contributed by atoms with van der Waals surface area (Å²) in [5.41, 5.74) is 1.94. The van der Waals surface area contributed by atoms with E-state index in [0.717, 1.165) is 23.9 Å². The summed E-state index contributed by atoms with van der Waals surface area (Å²) in [4.78, 5) is 19.0. The number of benzene rings is 1. The average molecular weight is 335 g/mol. The Morgan fingerprint density at radius 3 is 3.00 bits per heavy atom. The zero-order valence-corrected chi connectivity index (χ0v) is 14.2. The van der Waals surface area contributed by atoms with Crippen LogP contribution in [-0.4, -0.2) is 35.9 Å². The summed E-state index contributed by atoms with van der Waals surface area (Å²) in [5, 5.41) is 3.99. The van der Waals surface area contributed by atoms with Gasteiger partial charge in [-0.2, -0.15) is 0 Å². The smallest absolute Gasteiger partial charge is 0.287 e. The summed E-state index contributed by atoms with van der Waals surface area (Å²) >= 11 is 0. The maximum atomic E-state index is 12.5. The molecule has 4 rings (SSSR count). The first-order valence-corrected chi connectivity index (χ1v) is 8.59. The zero-order valence-electron chi connectivity index (χ0n) is 14.2. The molecule has 0 spiro atoms. The van der Waals surface area contributed by atoms with E-state index in [9.17, 15) is 4.79 Å². The Bertz CT molecular complexity index is 842. The molecule has 128 valence electrons. The summed E-state index contributed by atoms with van der Waals surface area (Å²) in [6.07, 6.45) is 4.76. The van der Waals surface area contributed by atoms with Gasteiger partial charge in [-0.05, 0) is 49.7 Å². The number of amides is 1. The van der Waals surface area contributed by atoms with Gasteiger partial charge in [-0.1, -0.05) is 24.3 Å². The Labute approximate surface area is 146 Å². The topological polar surface area (TPSA) is 58.4 Å². The van der Waals surface area contributed by atoms with E-state index in [2.05, 4.69) is 28.3 Å². The van der Waals surface area contributed by atoms with Gasteiger partial charge in [0.2, 0.25) is 0 Å². The fourth-order valence-electron chi connectivity index (χ4n) is 3.72. The molecule has 3 heterocycles. The van der Waals surface area contributed by atoms with Crippen molar-refractivity contribution in [2.45, 2.75) is 12.5 Å². The summed E-state index contributed by atoms with van der Waals surface area (Å²) in [5.74, 6) is 0.573. The van der Waals surface area contributed by atoms with Crippen LogP contribution in [0.4, 0.5) is 0 Å². The molecule has 2 aromatic heterocycles. The number of carbonyl (C=O) groups excluding carboxylic acids is 1. The largest absolute Gasteiger partial charge is 0.451 e. The highest BCUT2D eigenvalue weighted by Gasteiger charge is 2.33. The number of carbonyl (C=O) groups is 1. The van der Waals surface area contributed by atoms with Crippen molar-refractivity contribution in [1.29, 1.82) is 0 Å². The molecule has 1 aliphatic heterocycles. The number of para-hydroxylation sites is 1. The molecule has 5 nitrogen and oxygen atoms in total. The second-order valence-electron chi connectivity index (χ2n) is 6.62. The molecule has 2 atom stereocenters. The zero-order chi connectivity index (χ0) is 17.2. The number of hydrogen-bond acceptors (Lipinski definition) is 4. The second kappa shape index (κ2) is 6.69. The van der Waals surface area contributed by atoms with E-state index in [1.807, 2.05) is 36.5 Å². The maximum absolute atomic E-state index is 12.5. The third-order valence-electron chi connectivity index (χ3n) is 4.97.